The standard InChI is InChI=1S/C6H11NO.C4H11N/c1-4-7-6(8)5(2)3;1-4-5(2)3/h2,4H2,1,3H3,(H,7,8);4H2,1-3H3. The number of nitrogens with zero attached hydrogens (tertiary/aromatic N) is 1. The van der Waals surface area contributed by atoms with Gasteiger partial charge >= 0.3 is 0 Å². The molecule has 0 aromatic heterocycles. The van der Waals surface area contributed by atoms with Gasteiger partial charge in [0.25, 0.3) is 0 Å². The van der Waals surface area contributed by atoms with Gasteiger partial charge in [-0.15, -0.1) is 0 Å². The zero-order valence-corrected chi connectivity index (χ0v) is 9.48. The maximum Gasteiger partial charge on any atom is 0.246 e. The van der Waals surface area contributed by atoms with Crippen LogP contribution in [0.5, 0.6) is 0 Å². The van der Waals surface area contributed by atoms with Crippen molar-refractivity contribution < 1.29 is 4.79 Å². The van der Waals surface area contributed by atoms with E-state index < -0.39 is 0 Å². The second-order valence-corrected chi connectivity index (χ2v) is 3.04. The van der Waals surface area contributed by atoms with Gasteiger partial charge in [0, 0.05) is 12.1 Å². The summed E-state index contributed by atoms with van der Waals surface area (Å²) in [6.45, 7) is 11.0. The highest BCUT2D eigenvalue weighted by molar-refractivity contribution is 5.91. The highest BCUT2D eigenvalue weighted by Gasteiger charge is 1.95. The molecule has 0 bridgehead atoms. The molecule has 1 amide bonds. The van der Waals surface area contributed by atoms with E-state index in [2.05, 4.69) is 37.8 Å². The molecule has 0 rings (SSSR count). The van der Waals surface area contributed by atoms with Crippen LogP contribution in [0.25, 0.3) is 0 Å². The van der Waals surface area contributed by atoms with E-state index in [1.807, 2.05) is 6.92 Å². The van der Waals surface area contributed by atoms with Crippen LogP contribution in [0.4, 0.5) is 0 Å². The zero-order valence-electron chi connectivity index (χ0n) is 9.48. The summed E-state index contributed by atoms with van der Waals surface area (Å²) in [6.07, 6.45) is 0. The van der Waals surface area contributed by atoms with Gasteiger partial charge in [0.15, 0.2) is 0 Å². The summed E-state index contributed by atoms with van der Waals surface area (Å²) in [4.78, 5) is 12.7. The van der Waals surface area contributed by atoms with Crippen molar-refractivity contribution in [2.75, 3.05) is 27.2 Å². The Morgan fingerprint density at radius 2 is 1.77 bits per heavy atom. The maximum atomic E-state index is 10.5. The molecule has 0 saturated carbocycles. The van der Waals surface area contributed by atoms with Crippen molar-refractivity contribution in [2.45, 2.75) is 20.8 Å². The fourth-order valence-corrected chi connectivity index (χ4v) is 0.311. The maximum absolute atomic E-state index is 10.5. The predicted molar refractivity (Wildman–Crippen MR) is 57.7 cm³/mol. The first kappa shape index (κ1) is 14.7. The van der Waals surface area contributed by atoms with Gasteiger partial charge in [0.2, 0.25) is 5.91 Å². The summed E-state index contributed by atoms with van der Waals surface area (Å²) in [7, 11) is 4.11. The molecule has 0 spiro atoms. The second-order valence-electron chi connectivity index (χ2n) is 3.04. The van der Waals surface area contributed by atoms with Crippen LogP contribution in [-0.2, 0) is 4.79 Å². The minimum atomic E-state index is -0.0625. The van der Waals surface area contributed by atoms with Gasteiger partial charge in [0.05, 0.1) is 0 Å². The van der Waals surface area contributed by atoms with Gasteiger partial charge in [-0.3, -0.25) is 4.79 Å². The number of rotatable bonds is 3. The molecule has 3 nitrogen and oxygen atoms in total. The molecule has 0 unspecified atom stereocenters. The Kier molecular flexibility index (Phi) is 10.5. The highest BCUT2D eigenvalue weighted by Crippen LogP contribution is 1.82. The smallest absolute Gasteiger partial charge is 0.246 e. The van der Waals surface area contributed by atoms with Crippen LogP contribution in [-0.4, -0.2) is 38.0 Å². The third-order valence-corrected chi connectivity index (χ3v) is 1.36. The fraction of sp³-hybridized carbons (Fsp3) is 0.700. The molecule has 0 aromatic carbocycles. The lowest BCUT2D eigenvalue weighted by molar-refractivity contribution is -0.117. The van der Waals surface area contributed by atoms with Gasteiger partial charge in [-0.25, -0.2) is 0 Å². The predicted octanol–water partition coefficient (Wildman–Crippen LogP) is 1.27. The van der Waals surface area contributed by atoms with Crippen LogP contribution in [0.15, 0.2) is 12.2 Å². The Labute approximate surface area is 81.8 Å². The molecule has 0 aliphatic heterocycles. The molecule has 0 atom stereocenters. The minimum Gasteiger partial charge on any atom is -0.353 e. The number of hydrogen-bond donors (Lipinski definition) is 1. The molecular weight excluding hydrogens is 164 g/mol. The molecule has 13 heavy (non-hydrogen) atoms. The van der Waals surface area contributed by atoms with Crippen molar-refractivity contribution in [3.8, 4) is 0 Å². The molecule has 0 heterocycles. The monoisotopic (exact) mass is 186 g/mol. The third-order valence-electron chi connectivity index (χ3n) is 1.36. The number of nitrogens with one attached hydrogen (secondary N) is 1. The largest absolute Gasteiger partial charge is 0.353 e. The molecule has 0 saturated heterocycles. The fourth-order valence-electron chi connectivity index (χ4n) is 0.311. The van der Waals surface area contributed by atoms with Gasteiger partial charge in [-0.1, -0.05) is 13.5 Å². The van der Waals surface area contributed by atoms with E-state index >= 15 is 0 Å². The van der Waals surface area contributed by atoms with Crippen LogP contribution in [0.3, 0.4) is 0 Å². The van der Waals surface area contributed by atoms with Gasteiger partial charge < -0.3 is 10.2 Å². The van der Waals surface area contributed by atoms with E-state index in [0.29, 0.717) is 12.1 Å². The van der Waals surface area contributed by atoms with E-state index in [-0.39, 0.29) is 5.91 Å². The molecule has 78 valence electrons. The zero-order chi connectivity index (χ0) is 10.9. The van der Waals surface area contributed by atoms with E-state index in [1.54, 1.807) is 6.92 Å². The Balaban J connectivity index is 0. The lowest BCUT2D eigenvalue weighted by atomic mass is 10.3. The first-order chi connectivity index (χ1) is 5.95. The van der Waals surface area contributed by atoms with Crippen molar-refractivity contribution in [1.82, 2.24) is 10.2 Å². The molecule has 3 heteroatoms. The topological polar surface area (TPSA) is 32.3 Å². The Morgan fingerprint density at radius 3 is 1.85 bits per heavy atom. The number of likely N-dealkylation sites (N-methyl/N-ethyl adjacent to an activating group) is 1. The third kappa shape index (κ3) is 14.1. The average Bonchev–Trinajstić information content (AvgIpc) is 2.06. The first-order valence-electron chi connectivity index (χ1n) is 4.54. The van der Waals surface area contributed by atoms with E-state index in [4.69, 9.17) is 0 Å². The molecule has 0 aliphatic carbocycles. The van der Waals surface area contributed by atoms with Gasteiger partial charge in [0.1, 0.15) is 0 Å². The van der Waals surface area contributed by atoms with E-state index in [1.165, 1.54) is 0 Å². The van der Waals surface area contributed by atoms with Gasteiger partial charge in [-0.2, -0.15) is 0 Å². The number of carbonyl (C=O) groups excluding carboxylic acids is 1. The lowest BCUT2D eigenvalue weighted by Crippen LogP contribution is -2.22. The first-order valence-corrected chi connectivity index (χ1v) is 4.54. The van der Waals surface area contributed by atoms with Crippen molar-refractivity contribution in [3.63, 3.8) is 0 Å². The summed E-state index contributed by atoms with van der Waals surface area (Å²) in [5.41, 5.74) is 0.562. The normalized spacial score (nSPS) is 8.77. The SMILES string of the molecule is C=C(C)C(=O)NCC.CCN(C)C. The minimum absolute atomic E-state index is 0.0625. The number of carbonyl (C=O) groups is 1. The van der Waals surface area contributed by atoms with Crippen molar-refractivity contribution in [3.05, 3.63) is 12.2 Å². The van der Waals surface area contributed by atoms with E-state index in [0.717, 1.165) is 6.54 Å². The van der Waals surface area contributed by atoms with Crippen LogP contribution in [0.2, 0.25) is 0 Å². The number of hydrogen-bond acceptors (Lipinski definition) is 2. The molecule has 0 aromatic rings. The lowest BCUT2D eigenvalue weighted by Gasteiger charge is -2.00. The van der Waals surface area contributed by atoms with Crippen LogP contribution in [0.1, 0.15) is 20.8 Å². The Morgan fingerprint density at radius 1 is 1.38 bits per heavy atom. The van der Waals surface area contributed by atoms with E-state index in [9.17, 15) is 4.79 Å². The second kappa shape index (κ2) is 9.26. The molecule has 0 radical (unpaired) electrons. The highest BCUT2D eigenvalue weighted by atomic mass is 16.1. The molecular formula is C10H22N2O. The van der Waals surface area contributed by atoms with Crippen molar-refractivity contribution >= 4 is 5.91 Å². The van der Waals surface area contributed by atoms with Crippen LogP contribution < -0.4 is 5.32 Å². The summed E-state index contributed by atoms with van der Waals surface area (Å²) in [6, 6.07) is 0. The van der Waals surface area contributed by atoms with Crippen molar-refractivity contribution in [2.24, 2.45) is 0 Å². The summed E-state index contributed by atoms with van der Waals surface area (Å²) < 4.78 is 0. The van der Waals surface area contributed by atoms with Crippen LogP contribution in [0, 0.1) is 0 Å². The summed E-state index contributed by atoms with van der Waals surface area (Å²) >= 11 is 0. The summed E-state index contributed by atoms with van der Waals surface area (Å²) in [5.74, 6) is -0.0625. The summed E-state index contributed by atoms with van der Waals surface area (Å²) in [5, 5.41) is 2.61. The molecule has 0 aliphatic rings. The number of amides is 1. The molecule has 1 N–H and O–H groups in total. The Hall–Kier alpha value is -0.830. The molecule has 0 fully saturated rings. The van der Waals surface area contributed by atoms with Gasteiger partial charge in [-0.05, 0) is 34.5 Å². The van der Waals surface area contributed by atoms with Crippen LogP contribution >= 0.6 is 0 Å². The van der Waals surface area contributed by atoms with Crippen molar-refractivity contribution in [1.29, 1.82) is 0 Å². The Bertz CT molecular complexity index is 153. The average molecular weight is 186 g/mol. The quantitative estimate of drug-likeness (QED) is 0.673.